The molecule has 1 aromatic rings. The van der Waals surface area contributed by atoms with Crippen molar-refractivity contribution in [3.63, 3.8) is 0 Å². The average Bonchev–Trinajstić information content (AvgIpc) is 2.82. The van der Waals surface area contributed by atoms with Crippen molar-refractivity contribution in [2.75, 3.05) is 6.61 Å². The number of hydrogen-bond donors (Lipinski definition) is 1. The third kappa shape index (κ3) is 5.00. The molecule has 7 heteroatoms. The molecular formula is C14H22F3N3O. The molecule has 0 aliphatic heterocycles. The Kier molecular flexibility index (Phi) is 5.27. The van der Waals surface area contributed by atoms with Gasteiger partial charge < -0.3 is 14.6 Å². The van der Waals surface area contributed by atoms with E-state index in [1.807, 2.05) is 24.7 Å². The molecule has 1 saturated carbocycles. The molecule has 1 aromatic heterocycles. The molecule has 0 amide bonds. The second kappa shape index (κ2) is 6.79. The van der Waals surface area contributed by atoms with Gasteiger partial charge >= 0.3 is 6.18 Å². The summed E-state index contributed by atoms with van der Waals surface area (Å²) >= 11 is 0. The van der Waals surface area contributed by atoms with Gasteiger partial charge in [0.2, 0.25) is 0 Å². The fraction of sp³-hybridized carbons (Fsp3) is 0.786. The topological polar surface area (TPSA) is 39.1 Å². The summed E-state index contributed by atoms with van der Waals surface area (Å²) in [7, 11) is 1.93. The van der Waals surface area contributed by atoms with Crippen molar-refractivity contribution in [1.29, 1.82) is 0 Å². The van der Waals surface area contributed by atoms with Crippen molar-refractivity contribution in [1.82, 2.24) is 14.9 Å². The second-order valence-corrected chi connectivity index (χ2v) is 5.70. The van der Waals surface area contributed by atoms with E-state index in [1.165, 1.54) is 0 Å². The largest absolute Gasteiger partial charge is 0.411 e. The number of nitrogens with one attached hydrogen (secondary N) is 1. The first-order valence-electron chi connectivity index (χ1n) is 7.27. The van der Waals surface area contributed by atoms with Gasteiger partial charge in [-0.3, -0.25) is 0 Å². The Morgan fingerprint density at radius 2 is 2.24 bits per heavy atom. The van der Waals surface area contributed by atoms with Crippen LogP contribution in [0.15, 0.2) is 12.4 Å². The van der Waals surface area contributed by atoms with E-state index >= 15 is 0 Å². The Bertz CT molecular complexity index is 447. The van der Waals surface area contributed by atoms with Gasteiger partial charge in [0.1, 0.15) is 12.4 Å². The van der Waals surface area contributed by atoms with Crippen LogP contribution in [0, 0.1) is 0 Å². The number of alkyl halides is 3. The molecule has 0 bridgehead atoms. The summed E-state index contributed by atoms with van der Waals surface area (Å²) in [6.07, 6.45) is 2.21. The number of aromatic nitrogens is 2. The smallest absolute Gasteiger partial charge is 0.369 e. The van der Waals surface area contributed by atoms with Crippen LogP contribution in [0.5, 0.6) is 0 Å². The van der Waals surface area contributed by atoms with Crippen molar-refractivity contribution in [3.05, 3.63) is 18.2 Å². The molecule has 1 aliphatic rings. The molecule has 1 N–H and O–H groups in total. The fourth-order valence-corrected chi connectivity index (χ4v) is 2.88. The molecule has 0 radical (unpaired) electrons. The number of imidazole rings is 1. The summed E-state index contributed by atoms with van der Waals surface area (Å²) in [5, 5.41) is 3.44. The Balaban J connectivity index is 1.82. The molecule has 1 fully saturated rings. The van der Waals surface area contributed by atoms with E-state index in [9.17, 15) is 13.2 Å². The molecule has 0 saturated heterocycles. The predicted molar refractivity (Wildman–Crippen MR) is 72.8 cm³/mol. The zero-order chi connectivity index (χ0) is 15.5. The zero-order valence-corrected chi connectivity index (χ0v) is 12.4. The first-order valence-corrected chi connectivity index (χ1v) is 7.27. The molecule has 4 nitrogen and oxygen atoms in total. The average molecular weight is 305 g/mol. The van der Waals surface area contributed by atoms with Crippen LogP contribution < -0.4 is 5.32 Å². The van der Waals surface area contributed by atoms with E-state index in [0.29, 0.717) is 12.8 Å². The minimum atomic E-state index is -4.25. The Morgan fingerprint density at radius 1 is 1.48 bits per heavy atom. The number of nitrogens with zero attached hydrogens (tertiary/aromatic N) is 2. The standard InChI is InChI=1S/C14H22F3N3O/c1-10(13-18-6-7-20(13)2)19-11-4-3-5-12(8-11)21-9-14(15,16)17/h6-7,10-12,19H,3-5,8-9H2,1-2H3. The Morgan fingerprint density at radius 3 is 2.86 bits per heavy atom. The van der Waals surface area contributed by atoms with Crippen molar-refractivity contribution < 1.29 is 17.9 Å². The molecule has 2 rings (SSSR count). The number of hydrogen-bond acceptors (Lipinski definition) is 3. The highest BCUT2D eigenvalue weighted by Gasteiger charge is 2.31. The van der Waals surface area contributed by atoms with E-state index < -0.39 is 12.8 Å². The molecule has 21 heavy (non-hydrogen) atoms. The van der Waals surface area contributed by atoms with Gasteiger partial charge in [-0.1, -0.05) is 0 Å². The lowest BCUT2D eigenvalue weighted by Gasteiger charge is -2.32. The minimum Gasteiger partial charge on any atom is -0.369 e. The SMILES string of the molecule is CC(NC1CCCC(OCC(F)(F)F)C1)c1nccn1C. The number of ether oxygens (including phenoxy) is 1. The third-order valence-electron chi connectivity index (χ3n) is 3.84. The van der Waals surface area contributed by atoms with Crippen LogP contribution in [-0.2, 0) is 11.8 Å². The molecule has 1 aliphatic carbocycles. The van der Waals surface area contributed by atoms with E-state index in [-0.39, 0.29) is 18.2 Å². The van der Waals surface area contributed by atoms with Crippen molar-refractivity contribution in [2.45, 2.75) is 57.0 Å². The van der Waals surface area contributed by atoms with E-state index in [4.69, 9.17) is 4.74 Å². The molecular weight excluding hydrogens is 283 g/mol. The summed E-state index contributed by atoms with van der Waals surface area (Å²) in [5.74, 6) is 0.924. The number of aryl methyl sites for hydroxylation is 1. The minimum absolute atomic E-state index is 0.0661. The molecule has 3 atom stereocenters. The molecule has 3 unspecified atom stereocenters. The van der Waals surface area contributed by atoms with Crippen LogP contribution in [0.4, 0.5) is 13.2 Å². The lowest BCUT2D eigenvalue weighted by atomic mass is 9.92. The maximum atomic E-state index is 12.2. The maximum Gasteiger partial charge on any atom is 0.411 e. The first kappa shape index (κ1) is 16.3. The quantitative estimate of drug-likeness (QED) is 0.909. The summed E-state index contributed by atoms with van der Waals surface area (Å²) in [6, 6.07) is 0.236. The Hall–Kier alpha value is -1.08. The van der Waals surface area contributed by atoms with E-state index in [1.54, 1.807) is 6.20 Å². The van der Waals surface area contributed by atoms with Crippen LogP contribution in [0.1, 0.15) is 44.5 Å². The van der Waals surface area contributed by atoms with Gasteiger partial charge in [0.05, 0.1) is 12.1 Å². The van der Waals surface area contributed by atoms with Crippen molar-refractivity contribution in [2.24, 2.45) is 7.05 Å². The predicted octanol–water partition coefficient (Wildman–Crippen LogP) is 2.96. The van der Waals surface area contributed by atoms with Crippen LogP contribution >= 0.6 is 0 Å². The highest BCUT2D eigenvalue weighted by atomic mass is 19.4. The van der Waals surface area contributed by atoms with Gasteiger partial charge in [0.25, 0.3) is 0 Å². The van der Waals surface area contributed by atoms with Gasteiger partial charge in [0, 0.05) is 25.5 Å². The lowest BCUT2D eigenvalue weighted by Crippen LogP contribution is -2.39. The Labute approximate surface area is 122 Å². The van der Waals surface area contributed by atoms with Crippen LogP contribution in [0.2, 0.25) is 0 Å². The molecule has 0 spiro atoms. The van der Waals surface area contributed by atoms with Crippen LogP contribution in [-0.4, -0.2) is 34.5 Å². The van der Waals surface area contributed by atoms with Gasteiger partial charge in [-0.25, -0.2) is 4.98 Å². The molecule has 120 valence electrons. The summed E-state index contributed by atoms with van der Waals surface area (Å²) in [4.78, 5) is 4.29. The second-order valence-electron chi connectivity index (χ2n) is 5.70. The number of halogens is 3. The van der Waals surface area contributed by atoms with Gasteiger partial charge in [-0.2, -0.15) is 13.2 Å². The van der Waals surface area contributed by atoms with Crippen LogP contribution in [0.25, 0.3) is 0 Å². The molecule has 1 heterocycles. The van der Waals surface area contributed by atoms with Crippen molar-refractivity contribution in [3.8, 4) is 0 Å². The van der Waals surface area contributed by atoms with E-state index in [2.05, 4.69) is 10.3 Å². The van der Waals surface area contributed by atoms with Gasteiger partial charge in [-0.15, -0.1) is 0 Å². The number of rotatable bonds is 5. The lowest BCUT2D eigenvalue weighted by molar-refractivity contribution is -0.188. The molecule has 0 aromatic carbocycles. The highest BCUT2D eigenvalue weighted by molar-refractivity contribution is 4.98. The first-order chi connectivity index (χ1) is 9.85. The zero-order valence-electron chi connectivity index (χ0n) is 12.4. The summed E-state index contributed by atoms with van der Waals surface area (Å²) < 4.78 is 43.5. The van der Waals surface area contributed by atoms with Crippen LogP contribution in [0.3, 0.4) is 0 Å². The summed E-state index contributed by atoms with van der Waals surface area (Å²) in [5.41, 5.74) is 0. The van der Waals surface area contributed by atoms with Gasteiger partial charge in [0.15, 0.2) is 0 Å². The summed E-state index contributed by atoms with van der Waals surface area (Å²) in [6.45, 7) is 0.863. The van der Waals surface area contributed by atoms with Crippen molar-refractivity contribution >= 4 is 0 Å². The highest BCUT2D eigenvalue weighted by Crippen LogP contribution is 2.25. The van der Waals surface area contributed by atoms with E-state index in [0.717, 1.165) is 18.7 Å². The monoisotopic (exact) mass is 305 g/mol. The fourth-order valence-electron chi connectivity index (χ4n) is 2.88. The van der Waals surface area contributed by atoms with Gasteiger partial charge in [-0.05, 0) is 32.6 Å². The maximum absolute atomic E-state index is 12.2. The normalized spacial score (nSPS) is 25.0. The third-order valence-corrected chi connectivity index (χ3v) is 3.84.